The first kappa shape index (κ1) is 21.7. The van der Waals surface area contributed by atoms with Crippen LogP contribution in [-0.4, -0.2) is 19.5 Å². The highest BCUT2D eigenvalue weighted by molar-refractivity contribution is 6.13. The van der Waals surface area contributed by atoms with Crippen molar-refractivity contribution in [2.45, 2.75) is 0 Å². The molecule has 0 saturated carbocycles. The average molecular weight is 499 g/mol. The van der Waals surface area contributed by atoms with E-state index in [1.807, 2.05) is 60.7 Å². The first-order chi connectivity index (χ1) is 19.3. The van der Waals surface area contributed by atoms with Crippen molar-refractivity contribution in [3.8, 4) is 62.1 Å². The first-order valence-corrected chi connectivity index (χ1v) is 13.1. The van der Waals surface area contributed by atoms with Crippen LogP contribution in [-0.2, 0) is 0 Å². The Morgan fingerprint density at radius 1 is 0.385 bits per heavy atom. The Bertz CT molecular complexity index is 1950. The minimum atomic E-state index is 0.599. The molecule has 0 aliphatic heterocycles. The maximum absolute atomic E-state index is 5.01. The average Bonchev–Trinajstić information content (AvgIpc) is 3.36. The molecule has 1 aliphatic carbocycles. The van der Waals surface area contributed by atoms with Crippen LogP contribution in [0.4, 0.5) is 0 Å². The number of hydrogen-bond acceptors (Lipinski definition) is 3. The van der Waals surface area contributed by atoms with Crippen LogP contribution in [0, 0.1) is 0 Å². The molecule has 8 rings (SSSR count). The molecule has 4 heteroatoms. The summed E-state index contributed by atoms with van der Waals surface area (Å²) in [6, 6.07) is 44.0. The van der Waals surface area contributed by atoms with Crippen molar-refractivity contribution < 1.29 is 0 Å². The zero-order chi connectivity index (χ0) is 25.8. The van der Waals surface area contributed by atoms with E-state index in [2.05, 4.69) is 77.5 Å². The molecule has 0 saturated heterocycles. The van der Waals surface area contributed by atoms with Gasteiger partial charge in [-0.1, -0.05) is 121 Å². The van der Waals surface area contributed by atoms with E-state index in [4.69, 9.17) is 15.0 Å². The molecule has 4 nitrogen and oxygen atoms in total. The van der Waals surface area contributed by atoms with Crippen LogP contribution in [0.5, 0.6) is 0 Å². The summed E-state index contributed by atoms with van der Waals surface area (Å²) >= 11 is 0. The summed E-state index contributed by atoms with van der Waals surface area (Å²) in [6.07, 6.45) is 2.19. The van der Waals surface area contributed by atoms with Gasteiger partial charge >= 0.3 is 0 Å². The molecular formula is C35H22N4. The van der Waals surface area contributed by atoms with Crippen molar-refractivity contribution in [1.29, 1.82) is 0 Å². The van der Waals surface area contributed by atoms with Gasteiger partial charge in [0, 0.05) is 28.3 Å². The normalized spacial score (nSPS) is 11.6. The lowest BCUT2D eigenvalue weighted by atomic mass is 9.94. The number of aromatic nitrogens is 4. The largest absolute Gasteiger partial charge is 0.285 e. The molecule has 0 radical (unpaired) electrons. The van der Waals surface area contributed by atoms with Crippen molar-refractivity contribution in [2.24, 2.45) is 0 Å². The Kier molecular flexibility index (Phi) is 4.79. The highest BCUT2D eigenvalue weighted by Crippen LogP contribution is 2.48. The highest BCUT2D eigenvalue weighted by Gasteiger charge is 2.24. The zero-order valence-corrected chi connectivity index (χ0v) is 21.0. The standard InChI is InChI=1S/C35H22N4/c1-3-12-23(13-4-1)33-36-34(24-14-5-2-6-15-24)38-35(37-33)39-22-30-28-19-10-8-17-26(28)25-16-7-9-18-27(25)29-20-11-21-31(39)32(29)30/h1-22H. The lowest BCUT2D eigenvalue weighted by Crippen LogP contribution is -2.05. The monoisotopic (exact) mass is 498 g/mol. The number of hydrogen-bond donors (Lipinski definition) is 0. The fourth-order valence-electron chi connectivity index (χ4n) is 5.69. The van der Waals surface area contributed by atoms with Crippen molar-refractivity contribution in [3.05, 3.63) is 134 Å². The molecule has 0 atom stereocenters. The van der Waals surface area contributed by atoms with Crippen LogP contribution >= 0.6 is 0 Å². The summed E-state index contributed by atoms with van der Waals surface area (Å²) in [5, 5.41) is 1.21. The number of rotatable bonds is 3. The van der Waals surface area contributed by atoms with E-state index in [-0.39, 0.29) is 0 Å². The second-order valence-corrected chi connectivity index (χ2v) is 9.72. The van der Waals surface area contributed by atoms with E-state index in [1.165, 1.54) is 38.8 Å². The van der Waals surface area contributed by atoms with Crippen LogP contribution in [0.1, 0.15) is 0 Å². The second kappa shape index (κ2) is 8.61. The maximum Gasteiger partial charge on any atom is 0.238 e. The first-order valence-electron chi connectivity index (χ1n) is 13.1. The molecule has 0 N–H and O–H groups in total. The Morgan fingerprint density at radius 3 is 1.41 bits per heavy atom. The molecular weight excluding hydrogens is 476 g/mol. The molecule has 1 aliphatic rings. The predicted molar refractivity (Wildman–Crippen MR) is 157 cm³/mol. The van der Waals surface area contributed by atoms with Gasteiger partial charge in [0.15, 0.2) is 11.6 Å². The van der Waals surface area contributed by atoms with Crippen molar-refractivity contribution >= 4 is 10.9 Å². The lowest BCUT2D eigenvalue weighted by Gasteiger charge is -2.12. The van der Waals surface area contributed by atoms with Crippen LogP contribution in [0.3, 0.4) is 0 Å². The molecule has 5 aromatic carbocycles. The Hall–Kier alpha value is -5.35. The minimum absolute atomic E-state index is 0.599. The van der Waals surface area contributed by atoms with Gasteiger partial charge in [-0.15, -0.1) is 0 Å². The third kappa shape index (κ3) is 3.42. The topological polar surface area (TPSA) is 43.6 Å². The lowest BCUT2D eigenvalue weighted by molar-refractivity contribution is 0.934. The highest BCUT2D eigenvalue weighted by atomic mass is 15.2. The number of benzene rings is 5. The Morgan fingerprint density at radius 2 is 0.846 bits per heavy atom. The van der Waals surface area contributed by atoms with Crippen LogP contribution in [0.15, 0.2) is 134 Å². The van der Waals surface area contributed by atoms with Gasteiger partial charge in [0.1, 0.15) is 0 Å². The van der Waals surface area contributed by atoms with E-state index >= 15 is 0 Å². The second-order valence-electron chi connectivity index (χ2n) is 9.72. The molecule has 0 fully saturated rings. The van der Waals surface area contributed by atoms with Crippen LogP contribution in [0.2, 0.25) is 0 Å². The SMILES string of the molecule is c1ccc(-c2nc(-c3ccccc3)nc(-n3cc4c5c(cccc53)-c3ccccc3-c3ccccc3-4)n2)cc1. The Labute approximate surface area is 225 Å². The summed E-state index contributed by atoms with van der Waals surface area (Å²) in [6.45, 7) is 0. The molecule has 2 heterocycles. The smallest absolute Gasteiger partial charge is 0.238 e. The van der Waals surface area contributed by atoms with E-state index in [0.29, 0.717) is 17.6 Å². The summed E-state index contributed by atoms with van der Waals surface area (Å²) in [5.74, 6) is 1.90. The van der Waals surface area contributed by atoms with E-state index < -0.39 is 0 Å². The summed E-state index contributed by atoms with van der Waals surface area (Å²) in [4.78, 5) is 14.9. The molecule has 39 heavy (non-hydrogen) atoms. The molecule has 0 unspecified atom stereocenters. The maximum atomic E-state index is 5.01. The van der Waals surface area contributed by atoms with Gasteiger partial charge in [-0.3, -0.25) is 4.57 Å². The van der Waals surface area contributed by atoms with E-state index in [1.54, 1.807) is 0 Å². The fraction of sp³-hybridized carbons (Fsp3) is 0. The van der Waals surface area contributed by atoms with Gasteiger partial charge in [0.05, 0.1) is 5.52 Å². The zero-order valence-electron chi connectivity index (χ0n) is 21.0. The third-order valence-electron chi connectivity index (χ3n) is 7.46. The van der Waals surface area contributed by atoms with Gasteiger partial charge in [-0.2, -0.15) is 9.97 Å². The van der Waals surface area contributed by atoms with Gasteiger partial charge in [-0.05, 0) is 33.9 Å². The van der Waals surface area contributed by atoms with Gasteiger partial charge in [-0.25, -0.2) is 4.98 Å². The molecule has 0 bridgehead atoms. The van der Waals surface area contributed by atoms with Gasteiger partial charge in [0.25, 0.3) is 0 Å². The predicted octanol–water partition coefficient (Wildman–Crippen LogP) is 8.46. The molecule has 0 amide bonds. The van der Waals surface area contributed by atoms with Gasteiger partial charge in [0.2, 0.25) is 5.95 Å². The quantitative estimate of drug-likeness (QED) is 0.245. The molecule has 7 aromatic rings. The number of fused-ring (bicyclic) bond motifs is 5. The van der Waals surface area contributed by atoms with Gasteiger partial charge < -0.3 is 0 Å². The minimum Gasteiger partial charge on any atom is -0.285 e. The molecule has 0 spiro atoms. The van der Waals surface area contributed by atoms with Crippen LogP contribution < -0.4 is 0 Å². The molecule has 2 aromatic heterocycles. The van der Waals surface area contributed by atoms with Crippen molar-refractivity contribution in [3.63, 3.8) is 0 Å². The fourth-order valence-corrected chi connectivity index (χ4v) is 5.69. The summed E-state index contributed by atoms with van der Waals surface area (Å²) in [5.41, 5.74) is 10.3. The van der Waals surface area contributed by atoms with Crippen LogP contribution in [0.25, 0.3) is 73.0 Å². The molecule has 182 valence electrons. The van der Waals surface area contributed by atoms with E-state index in [9.17, 15) is 0 Å². The summed E-state index contributed by atoms with van der Waals surface area (Å²) < 4.78 is 2.12. The van der Waals surface area contributed by atoms with Crippen molar-refractivity contribution in [2.75, 3.05) is 0 Å². The van der Waals surface area contributed by atoms with E-state index in [0.717, 1.165) is 16.6 Å². The third-order valence-corrected chi connectivity index (χ3v) is 7.46. The number of nitrogens with zero attached hydrogens (tertiary/aromatic N) is 4. The summed E-state index contributed by atoms with van der Waals surface area (Å²) in [7, 11) is 0. The van der Waals surface area contributed by atoms with Crippen molar-refractivity contribution in [1.82, 2.24) is 19.5 Å². The Balaban J connectivity index is 1.45.